The van der Waals surface area contributed by atoms with Crippen LogP contribution in [0.2, 0.25) is 0 Å². The number of aryl methyl sites for hydroxylation is 1. The molecule has 0 bridgehead atoms. The SMILES string of the molecule is Cc1ccc2cc3oc4cc(C(F)(F)F)ccc4c(=O)c3cc2c1. The Balaban J connectivity index is 2.11. The van der Waals surface area contributed by atoms with Crippen molar-refractivity contribution < 1.29 is 17.6 Å². The minimum Gasteiger partial charge on any atom is -0.456 e. The van der Waals surface area contributed by atoms with Crippen LogP contribution in [0.15, 0.2) is 57.7 Å². The number of fused-ring (bicyclic) bond motifs is 3. The molecular weight excluding hydrogens is 317 g/mol. The Labute approximate surface area is 134 Å². The van der Waals surface area contributed by atoms with Crippen LogP contribution in [0.25, 0.3) is 32.7 Å². The lowest BCUT2D eigenvalue weighted by molar-refractivity contribution is -0.137. The van der Waals surface area contributed by atoms with Crippen LogP contribution >= 0.6 is 0 Å². The van der Waals surface area contributed by atoms with E-state index < -0.39 is 11.7 Å². The van der Waals surface area contributed by atoms with Gasteiger partial charge in [-0.1, -0.05) is 23.8 Å². The molecule has 0 radical (unpaired) electrons. The fraction of sp³-hybridized carbons (Fsp3) is 0.105. The summed E-state index contributed by atoms with van der Waals surface area (Å²) in [5.74, 6) is 0. The molecule has 0 N–H and O–H groups in total. The summed E-state index contributed by atoms with van der Waals surface area (Å²) in [5.41, 5.74) is 0.108. The van der Waals surface area contributed by atoms with Crippen LogP contribution in [0.4, 0.5) is 13.2 Å². The highest BCUT2D eigenvalue weighted by Crippen LogP contribution is 2.32. The molecule has 0 aliphatic heterocycles. The number of halogens is 3. The van der Waals surface area contributed by atoms with Crippen molar-refractivity contribution in [2.75, 3.05) is 0 Å². The normalized spacial score (nSPS) is 12.3. The van der Waals surface area contributed by atoms with E-state index in [2.05, 4.69) is 0 Å². The van der Waals surface area contributed by atoms with Crippen molar-refractivity contribution in [1.29, 1.82) is 0 Å². The van der Waals surface area contributed by atoms with E-state index in [-0.39, 0.29) is 22.0 Å². The van der Waals surface area contributed by atoms with E-state index in [1.807, 2.05) is 25.1 Å². The van der Waals surface area contributed by atoms with Crippen molar-refractivity contribution in [2.45, 2.75) is 13.1 Å². The highest BCUT2D eigenvalue weighted by molar-refractivity contribution is 5.99. The second-order valence-electron chi connectivity index (χ2n) is 5.84. The molecule has 1 aromatic heterocycles. The van der Waals surface area contributed by atoms with Crippen LogP contribution in [0.5, 0.6) is 0 Å². The molecule has 120 valence electrons. The van der Waals surface area contributed by atoms with Gasteiger partial charge in [-0.25, -0.2) is 0 Å². The average molecular weight is 328 g/mol. The Kier molecular flexibility index (Phi) is 2.97. The summed E-state index contributed by atoms with van der Waals surface area (Å²) in [5, 5.41) is 2.26. The first-order valence-corrected chi connectivity index (χ1v) is 7.31. The van der Waals surface area contributed by atoms with Crippen LogP contribution < -0.4 is 5.43 Å². The number of rotatable bonds is 0. The van der Waals surface area contributed by atoms with Crippen LogP contribution in [0.1, 0.15) is 11.1 Å². The topological polar surface area (TPSA) is 30.2 Å². The molecule has 0 fully saturated rings. The monoisotopic (exact) mass is 328 g/mol. The predicted molar refractivity (Wildman–Crippen MR) is 87.2 cm³/mol. The molecule has 0 atom stereocenters. The van der Waals surface area contributed by atoms with Gasteiger partial charge in [0.1, 0.15) is 11.2 Å². The number of hydrogen-bond acceptors (Lipinski definition) is 2. The summed E-state index contributed by atoms with van der Waals surface area (Å²) in [6, 6.07) is 12.1. The molecule has 1 heterocycles. The number of benzene rings is 3. The Morgan fingerprint density at radius 3 is 2.33 bits per heavy atom. The van der Waals surface area contributed by atoms with E-state index in [4.69, 9.17) is 4.42 Å². The van der Waals surface area contributed by atoms with Gasteiger partial charge in [-0.3, -0.25) is 4.79 Å². The Hall–Kier alpha value is -2.82. The Morgan fingerprint density at radius 1 is 0.833 bits per heavy atom. The van der Waals surface area contributed by atoms with Crippen molar-refractivity contribution in [3.63, 3.8) is 0 Å². The lowest BCUT2D eigenvalue weighted by atomic mass is 10.0. The van der Waals surface area contributed by atoms with E-state index in [1.165, 1.54) is 6.07 Å². The molecule has 24 heavy (non-hydrogen) atoms. The lowest BCUT2D eigenvalue weighted by Crippen LogP contribution is -2.07. The summed E-state index contributed by atoms with van der Waals surface area (Å²) in [7, 11) is 0. The third-order valence-electron chi connectivity index (χ3n) is 4.11. The standard InChI is InChI=1S/C19H11F3O2/c1-10-2-3-11-8-16-15(7-12(11)6-10)18(23)14-5-4-13(19(20,21)22)9-17(14)24-16/h2-9H,1H3. The molecule has 0 aliphatic carbocycles. The van der Waals surface area contributed by atoms with Gasteiger partial charge < -0.3 is 4.42 Å². The summed E-state index contributed by atoms with van der Waals surface area (Å²) >= 11 is 0. The first-order chi connectivity index (χ1) is 11.3. The smallest absolute Gasteiger partial charge is 0.416 e. The molecule has 5 heteroatoms. The van der Waals surface area contributed by atoms with Crippen LogP contribution in [-0.4, -0.2) is 0 Å². The Bertz CT molecular complexity index is 1170. The minimum atomic E-state index is -4.48. The van der Waals surface area contributed by atoms with E-state index in [0.29, 0.717) is 5.39 Å². The molecule has 0 spiro atoms. The quantitative estimate of drug-likeness (QED) is 0.403. The van der Waals surface area contributed by atoms with Gasteiger partial charge in [0.05, 0.1) is 16.3 Å². The summed E-state index contributed by atoms with van der Waals surface area (Å²) in [4.78, 5) is 12.6. The predicted octanol–water partition coefficient (Wildman–Crippen LogP) is 5.43. The molecular formula is C19H11F3O2. The highest BCUT2D eigenvalue weighted by atomic mass is 19.4. The maximum absolute atomic E-state index is 12.9. The molecule has 0 saturated carbocycles. The second-order valence-corrected chi connectivity index (χ2v) is 5.84. The van der Waals surface area contributed by atoms with Crippen LogP contribution in [0, 0.1) is 6.92 Å². The first-order valence-electron chi connectivity index (χ1n) is 7.31. The second kappa shape index (κ2) is 4.84. The van der Waals surface area contributed by atoms with E-state index >= 15 is 0 Å². The molecule has 4 aromatic rings. The fourth-order valence-corrected chi connectivity index (χ4v) is 2.89. The third-order valence-corrected chi connectivity index (χ3v) is 4.11. The van der Waals surface area contributed by atoms with Crippen LogP contribution in [-0.2, 0) is 6.18 Å². The zero-order valence-electron chi connectivity index (χ0n) is 12.6. The molecule has 0 unspecified atom stereocenters. The summed E-state index contributed by atoms with van der Waals surface area (Å²) in [6.07, 6.45) is -4.48. The van der Waals surface area contributed by atoms with Gasteiger partial charge in [0.2, 0.25) is 5.43 Å². The summed E-state index contributed by atoms with van der Waals surface area (Å²) < 4.78 is 44.2. The molecule has 0 amide bonds. The van der Waals surface area contributed by atoms with Gasteiger partial charge in [0.25, 0.3) is 0 Å². The number of alkyl halides is 3. The largest absolute Gasteiger partial charge is 0.456 e. The van der Waals surface area contributed by atoms with Gasteiger partial charge in [0.15, 0.2) is 0 Å². The zero-order chi connectivity index (χ0) is 17.1. The van der Waals surface area contributed by atoms with E-state index in [9.17, 15) is 18.0 Å². The average Bonchev–Trinajstić information content (AvgIpc) is 2.52. The zero-order valence-corrected chi connectivity index (χ0v) is 12.6. The molecule has 0 saturated heterocycles. The van der Waals surface area contributed by atoms with Gasteiger partial charge in [-0.05, 0) is 48.0 Å². The highest BCUT2D eigenvalue weighted by Gasteiger charge is 2.31. The molecule has 3 aromatic carbocycles. The van der Waals surface area contributed by atoms with Crippen molar-refractivity contribution in [3.8, 4) is 0 Å². The van der Waals surface area contributed by atoms with Crippen molar-refractivity contribution >= 4 is 32.7 Å². The first kappa shape index (κ1) is 14.8. The maximum Gasteiger partial charge on any atom is 0.416 e. The number of hydrogen-bond donors (Lipinski definition) is 0. The van der Waals surface area contributed by atoms with Crippen molar-refractivity contribution in [2.24, 2.45) is 0 Å². The van der Waals surface area contributed by atoms with E-state index in [0.717, 1.165) is 28.5 Å². The maximum atomic E-state index is 12.9. The molecule has 4 rings (SSSR count). The third kappa shape index (κ3) is 2.24. The van der Waals surface area contributed by atoms with Crippen molar-refractivity contribution in [1.82, 2.24) is 0 Å². The van der Waals surface area contributed by atoms with Crippen LogP contribution in [0.3, 0.4) is 0 Å². The van der Waals surface area contributed by atoms with Gasteiger partial charge in [0, 0.05) is 0 Å². The van der Waals surface area contributed by atoms with E-state index in [1.54, 1.807) is 12.1 Å². The van der Waals surface area contributed by atoms with Gasteiger partial charge >= 0.3 is 6.18 Å². The molecule has 2 nitrogen and oxygen atoms in total. The van der Waals surface area contributed by atoms with Gasteiger partial charge in [-0.15, -0.1) is 0 Å². The summed E-state index contributed by atoms with van der Waals surface area (Å²) in [6.45, 7) is 1.95. The van der Waals surface area contributed by atoms with Gasteiger partial charge in [-0.2, -0.15) is 13.2 Å². The Morgan fingerprint density at radius 2 is 1.58 bits per heavy atom. The lowest BCUT2D eigenvalue weighted by Gasteiger charge is -2.08. The minimum absolute atomic E-state index is 0.0613. The fourth-order valence-electron chi connectivity index (χ4n) is 2.89. The van der Waals surface area contributed by atoms with Crippen molar-refractivity contribution in [3.05, 3.63) is 69.9 Å². The molecule has 0 aliphatic rings.